The lowest BCUT2D eigenvalue weighted by molar-refractivity contribution is -0.118. The van der Waals surface area contributed by atoms with Crippen molar-refractivity contribution in [2.45, 2.75) is 73.2 Å². The van der Waals surface area contributed by atoms with Crippen LogP contribution >= 0.6 is 22.9 Å². The number of halogens is 5. The van der Waals surface area contributed by atoms with Crippen molar-refractivity contribution in [1.82, 2.24) is 14.8 Å². The maximum absolute atomic E-state index is 14.0. The fourth-order valence-electron chi connectivity index (χ4n) is 4.73. The minimum absolute atomic E-state index is 0.183. The van der Waals surface area contributed by atoms with Gasteiger partial charge < -0.3 is 10.6 Å². The van der Waals surface area contributed by atoms with Crippen molar-refractivity contribution in [3.8, 4) is 11.3 Å². The summed E-state index contributed by atoms with van der Waals surface area (Å²) in [5.41, 5.74) is 1.80. The zero-order valence-electron chi connectivity index (χ0n) is 31.3. The van der Waals surface area contributed by atoms with E-state index in [4.69, 9.17) is 11.6 Å². The molecule has 0 atom stereocenters. The molecule has 3 aromatic carbocycles. The number of aryl methyl sites for hydroxylation is 1. The molecule has 0 unspecified atom stereocenters. The van der Waals surface area contributed by atoms with E-state index in [2.05, 4.69) is 20.7 Å². The number of nitrogens with zero attached hydrogens (tertiary/aromatic N) is 3. The Balaban J connectivity index is 0.000000249. The second-order valence-corrected chi connectivity index (χ2v) is 20.6. The van der Waals surface area contributed by atoms with E-state index >= 15 is 0 Å². The summed E-state index contributed by atoms with van der Waals surface area (Å²) in [6.45, 7) is 10.5. The molecule has 11 nitrogen and oxygen atoms in total. The number of carbonyl (C=O) groups is 2. The fourth-order valence-corrected chi connectivity index (χ4v) is 8.39. The molecule has 56 heavy (non-hydrogen) atoms. The number of rotatable bonds is 9. The zero-order valence-corrected chi connectivity index (χ0v) is 34.5. The SMILES string of the molecule is CC(C)(C(=O)Nc1nc(-c2ccc(Cl)cc2)cs1)S(=O)(=O)c1ccc(F)cc1F.Cn1nc(C(C)(C)C)cc1NC(=O)C(C)(C)S(=O)(=O)c1ccc(F)cc1F. The molecule has 5 aromatic rings. The van der Waals surface area contributed by atoms with E-state index in [0.29, 0.717) is 34.4 Å². The van der Waals surface area contributed by atoms with Crippen LogP contribution < -0.4 is 10.6 Å². The van der Waals surface area contributed by atoms with E-state index in [9.17, 15) is 44.0 Å². The molecule has 0 aliphatic carbocycles. The first-order valence-corrected chi connectivity index (χ1v) is 20.7. The third-order valence-corrected chi connectivity index (χ3v) is 14.4. The van der Waals surface area contributed by atoms with Crippen molar-refractivity contribution in [2.24, 2.45) is 7.05 Å². The molecule has 2 amide bonds. The number of amides is 2. The molecule has 2 heterocycles. The Kier molecular flexibility index (Phi) is 12.6. The summed E-state index contributed by atoms with van der Waals surface area (Å²) < 4.78 is 103. The minimum Gasteiger partial charge on any atom is -0.310 e. The second kappa shape index (κ2) is 16.1. The number of anilines is 2. The highest BCUT2D eigenvalue weighted by molar-refractivity contribution is 7.94. The molecular weight excluding hydrogens is 818 g/mol. The average molecular weight is 856 g/mol. The fraction of sp³-hybridized carbons (Fsp3) is 0.297. The number of sulfone groups is 2. The normalized spacial score (nSPS) is 12.4. The van der Waals surface area contributed by atoms with E-state index in [-0.39, 0.29) is 10.5 Å². The number of thiazole rings is 1. The maximum atomic E-state index is 14.0. The van der Waals surface area contributed by atoms with E-state index in [1.54, 1.807) is 42.8 Å². The van der Waals surface area contributed by atoms with Gasteiger partial charge in [0, 0.05) is 46.6 Å². The lowest BCUT2D eigenvalue weighted by Gasteiger charge is -2.24. The quantitative estimate of drug-likeness (QED) is 0.111. The van der Waals surface area contributed by atoms with Crippen molar-refractivity contribution in [3.05, 3.63) is 106 Å². The number of aromatic nitrogens is 3. The first-order chi connectivity index (χ1) is 25.7. The summed E-state index contributed by atoms with van der Waals surface area (Å²) in [5, 5.41) is 11.7. The minimum atomic E-state index is -4.45. The van der Waals surface area contributed by atoms with Crippen LogP contribution in [0.15, 0.2) is 81.9 Å². The maximum Gasteiger partial charge on any atom is 0.247 e. The molecule has 0 aliphatic rings. The summed E-state index contributed by atoms with van der Waals surface area (Å²) in [5.74, 6) is -5.75. The number of hydrogen-bond acceptors (Lipinski definition) is 9. The van der Waals surface area contributed by atoms with Crippen molar-refractivity contribution >= 4 is 65.4 Å². The third kappa shape index (κ3) is 9.14. The van der Waals surface area contributed by atoms with Crippen LogP contribution in [0.5, 0.6) is 0 Å². The van der Waals surface area contributed by atoms with Gasteiger partial charge in [0.05, 0.1) is 11.4 Å². The largest absolute Gasteiger partial charge is 0.310 e. The first kappa shape index (κ1) is 44.1. The van der Waals surface area contributed by atoms with Gasteiger partial charge in [0.1, 0.15) is 48.4 Å². The lowest BCUT2D eigenvalue weighted by Crippen LogP contribution is -2.45. The van der Waals surface area contributed by atoms with Gasteiger partial charge in [-0.15, -0.1) is 11.3 Å². The highest BCUT2D eigenvalue weighted by Crippen LogP contribution is 2.32. The Labute approximate surface area is 331 Å². The van der Waals surface area contributed by atoms with Crippen LogP contribution in [-0.2, 0) is 41.7 Å². The molecule has 2 N–H and O–H groups in total. The summed E-state index contributed by atoms with van der Waals surface area (Å²) >= 11 is 6.97. The molecular formula is C37H38ClF4N5O6S3. The van der Waals surface area contributed by atoms with Crippen LogP contribution in [0.3, 0.4) is 0 Å². The summed E-state index contributed by atoms with van der Waals surface area (Å²) in [6, 6.07) is 12.8. The van der Waals surface area contributed by atoms with Gasteiger partial charge in [0.2, 0.25) is 11.8 Å². The number of nitrogens with one attached hydrogen (secondary N) is 2. The van der Waals surface area contributed by atoms with Crippen LogP contribution in [-0.4, -0.2) is 52.9 Å². The predicted octanol–water partition coefficient (Wildman–Crippen LogP) is 8.12. The Morgan fingerprint density at radius 2 is 1.18 bits per heavy atom. The molecule has 300 valence electrons. The molecule has 0 radical (unpaired) electrons. The van der Waals surface area contributed by atoms with Gasteiger partial charge in [-0.2, -0.15) is 5.10 Å². The molecule has 0 bridgehead atoms. The molecule has 0 fully saturated rings. The molecule has 19 heteroatoms. The van der Waals surface area contributed by atoms with E-state index in [0.717, 1.165) is 55.0 Å². The van der Waals surface area contributed by atoms with Crippen molar-refractivity contribution in [3.63, 3.8) is 0 Å². The monoisotopic (exact) mass is 855 g/mol. The molecule has 5 rings (SSSR count). The summed E-state index contributed by atoms with van der Waals surface area (Å²) in [6.07, 6.45) is 0. The van der Waals surface area contributed by atoms with Crippen LogP contribution in [0.1, 0.15) is 54.2 Å². The van der Waals surface area contributed by atoms with E-state index in [1.165, 1.54) is 18.5 Å². The topological polar surface area (TPSA) is 157 Å². The standard InChI is InChI=1S/C19H15ClF2N2O3S2.C18H23F2N3O3S/c1-19(2,29(26,27)16-8-7-13(21)9-14(16)22)17(25)24-18-23-15(10-28-18)11-3-5-12(20)6-4-11;1-17(2,3)14-10-15(23(6)22-14)21-16(24)18(4,5)27(25,26)13-8-7-11(19)9-12(13)20/h3-10H,1-2H3,(H,23,24,25);7-10H,1-6H3,(H,21,24). The first-order valence-electron chi connectivity index (χ1n) is 16.5. The Morgan fingerprint density at radius 3 is 1.61 bits per heavy atom. The van der Waals surface area contributed by atoms with Gasteiger partial charge in [-0.05, 0) is 64.1 Å². The molecule has 0 aliphatic heterocycles. The van der Waals surface area contributed by atoms with Gasteiger partial charge in [-0.3, -0.25) is 14.3 Å². The van der Waals surface area contributed by atoms with Gasteiger partial charge >= 0.3 is 0 Å². The predicted molar refractivity (Wildman–Crippen MR) is 207 cm³/mol. The molecule has 2 aromatic heterocycles. The van der Waals surface area contributed by atoms with E-state index < -0.39 is 74.0 Å². The zero-order chi connectivity index (χ0) is 42.2. The van der Waals surface area contributed by atoms with Gasteiger partial charge in [-0.1, -0.05) is 44.5 Å². The molecule has 0 saturated carbocycles. The Morgan fingerprint density at radius 1 is 0.714 bits per heavy atom. The lowest BCUT2D eigenvalue weighted by atomic mass is 9.92. The number of carbonyl (C=O) groups excluding carboxylic acids is 2. The van der Waals surface area contributed by atoms with Gasteiger partial charge in [0.15, 0.2) is 24.8 Å². The molecule has 0 spiro atoms. The van der Waals surface area contributed by atoms with Crippen molar-refractivity contribution in [1.29, 1.82) is 0 Å². The van der Waals surface area contributed by atoms with E-state index in [1.807, 2.05) is 20.8 Å². The van der Waals surface area contributed by atoms with Gasteiger partial charge in [-0.25, -0.2) is 39.4 Å². The average Bonchev–Trinajstić information content (AvgIpc) is 3.71. The Hall–Kier alpha value is -4.65. The second-order valence-electron chi connectivity index (χ2n) is 14.4. The van der Waals surface area contributed by atoms with Crippen LogP contribution in [0.25, 0.3) is 11.3 Å². The summed E-state index contributed by atoms with van der Waals surface area (Å²) in [4.78, 5) is 28.2. The number of hydrogen-bond donors (Lipinski definition) is 2. The Bertz CT molecular complexity index is 2520. The molecule has 0 saturated heterocycles. The van der Waals surface area contributed by atoms with Crippen molar-refractivity contribution < 1.29 is 44.0 Å². The highest BCUT2D eigenvalue weighted by Gasteiger charge is 2.46. The van der Waals surface area contributed by atoms with Crippen LogP contribution in [0.2, 0.25) is 5.02 Å². The third-order valence-electron chi connectivity index (χ3n) is 8.56. The van der Waals surface area contributed by atoms with Crippen LogP contribution in [0, 0.1) is 23.3 Å². The van der Waals surface area contributed by atoms with Crippen LogP contribution in [0.4, 0.5) is 28.5 Å². The highest BCUT2D eigenvalue weighted by atomic mass is 35.5. The van der Waals surface area contributed by atoms with Gasteiger partial charge in [0.25, 0.3) is 0 Å². The number of benzene rings is 3. The smallest absolute Gasteiger partial charge is 0.247 e. The summed E-state index contributed by atoms with van der Waals surface area (Å²) in [7, 11) is -7.25. The van der Waals surface area contributed by atoms with Crippen molar-refractivity contribution in [2.75, 3.05) is 10.6 Å².